The maximum Gasteiger partial charge on any atom is 0.282 e. The topological polar surface area (TPSA) is 78.2 Å². The number of aromatic hydroxyl groups is 1. The van der Waals surface area contributed by atoms with Gasteiger partial charge in [-0.1, -0.05) is 35.3 Å². The fourth-order valence-corrected chi connectivity index (χ4v) is 2.87. The van der Waals surface area contributed by atoms with Gasteiger partial charge in [0, 0.05) is 11.3 Å². The molecule has 0 saturated carbocycles. The van der Waals surface area contributed by atoms with Gasteiger partial charge < -0.3 is 9.66 Å². The molecule has 1 aromatic heterocycles. The smallest absolute Gasteiger partial charge is 0.282 e. The van der Waals surface area contributed by atoms with Gasteiger partial charge in [0.15, 0.2) is 0 Å². The zero-order valence-corrected chi connectivity index (χ0v) is 13.6. The quantitative estimate of drug-likeness (QED) is 0.703. The lowest BCUT2D eigenvalue weighted by Gasteiger charge is -2.09. The lowest BCUT2D eigenvalue weighted by atomic mass is 10.1. The molecular weight excluding hydrogens is 350 g/mol. The van der Waals surface area contributed by atoms with Crippen molar-refractivity contribution in [2.24, 2.45) is 0 Å². The number of halogens is 2. The van der Waals surface area contributed by atoms with Crippen molar-refractivity contribution in [3.63, 3.8) is 0 Å². The first-order chi connectivity index (χ1) is 11.9. The summed E-state index contributed by atoms with van der Waals surface area (Å²) < 4.78 is 49.0. The Hall–Kier alpha value is -2.58. The first-order valence-electron chi connectivity index (χ1n) is 7.27. The van der Waals surface area contributed by atoms with E-state index in [1.165, 1.54) is 22.9 Å². The number of alkyl halides is 2. The van der Waals surface area contributed by atoms with E-state index in [1.807, 2.05) is 0 Å². The van der Waals surface area contributed by atoms with E-state index in [9.17, 15) is 22.6 Å². The standard InChI is InChI=1S/C17H14F2N2O3S/c18-17(19)15-9-16(12-3-1-11(2-4-12)10-25(23)24)21(20-15)13-5-7-14(22)8-6-13/h1-9,17,22H,10H2,(H,23,24)/p-1. The van der Waals surface area contributed by atoms with Crippen LogP contribution in [0, 0.1) is 0 Å². The van der Waals surface area contributed by atoms with Gasteiger partial charge in [-0.15, -0.1) is 0 Å². The zero-order valence-electron chi connectivity index (χ0n) is 12.8. The Balaban J connectivity index is 2.05. The Labute approximate surface area is 144 Å². The molecule has 0 aliphatic carbocycles. The van der Waals surface area contributed by atoms with Crippen molar-refractivity contribution < 1.29 is 22.6 Å². The molecule has 3 rings (SSSR count). The SMILES string of the molecule is O=S([O-])Cc1ccc(-c2cc(C(F)F)nn2-c2ccc(O)cc2)cc1. The van der Waals surface area contributed by atoms with E-state index in [-0.39, 0.29) is 17.2 Å². The molecular formula is C17H13F2N2O3S-. The Kier molecular flexibility index (Phi) is 4.91. The molecule has 130 valence electrons. The summed E-state index contributed by atoms with van der Waals surface area (Å²) in [4.78, 5) is 0. The van der Waals surface area contributed by atoms with Crippen LogP contribution in [0.25, 0.3) is 16.9 Å². The maximum absolute atomic E-state index is 13.1. The molecule has 0 bridgehead atoms. The van der Waals surface area contributed by atoms with Gasteiger partial charge in [-0.3, -0.25) is 4.21 Å². The predicted molar refractivity (Wildman–Crippen MR) is 88.2 cm³/mol. The van der Waals surface area contributed by atoms with Crippen LogP contribution < -0.4 is 0 Å². The van der Waals surface area contributed by atoms with Gasteiger partial charge in [0.05, 0.1) is 11.4 Å². The van der Waals surface area contributed by atoms with Gasteiger partial charge in [-0.05, 0) is 35.9 Å². The molecule has 25 heavy (non-hydrogen) atoms. The van der Waals surface area contributed by atoms with Crippen LogP contribution in [0.2, 0.25) is 0 Å². The minimum atomic E-state index is -2.72. The molecule has 0 aliphatic heterocycles. The third-order valence-corrected chi connectivity index (χ3v) is 4.15. The minimum Gasteiger partial charge on any atom is -0.772 e. The van der Waals surface area contributed by atoms with Gasteiger partial charge in [0.2, 0.25) is 0 Å². The van der Waals surface area contributed by atoms with Gasteiger partial charge in [0.1, 0.15) is 11.4 Å². The number of benzene rings is 2. The van der Waals surface area contributed by atoms with Crippen molar-refractivity contribution >= 4 is 11.1 Å². The summed E-state index contributed by atoms with van der Waals surface area (Å²) in [6.45, 7) is 0. The van der Waals surface area contributed by atoms with E-state index in [0.717, 1.165) is 0 Å². The summed E-state index contributed by atoms with van der Waals surface area (Å²) in [5, 5.41) is 13.3. The van der Waals surface area contributed by atoms with Gasteiger partial charge in [0.25, 0.3) is 6.43 Å². The van der Waals surface area contributed by atoms with Crippen molar-refractivity contribution in [3.8, 4) is 22.7 Å². The van der Waals surface area contributed by atoms with Crippen LogP contribution in [-0.4, -0.2) is 23.6 Å². The third-order valence-electron chi connectivity index (χ3n) is 3.58. The maximum atomic E-state index is 13.1. The second-order valence-electron chi connectivity index (χ2n) is 5.33. The average molecular weight is 363 g/mol. The van der Waals surface area contributed by atoms with Gasteiger partial charge in [-0.2, -0.15) is 5.10 Å². The number of hydrogen-bond acceptors (Lipinski definition) is 4. The lowest BCUT2D eigenvalue weighted by Crippen LogP contribution is -2.00. The molecule has 2 aromatic carbocycles. The molecule has 3 aromatic rings. The van der Waals surface area contributed by atoms with Gasteiger partial charge in [-0.25, -0.2) is 13.5 Å². The Morgan fingerprint density at radius 3 is 2.32 bits per heavy atom. The van der Waals surface area contributed by atoms with Crippen LogP contribution >= 0.6 is 0 Å². The number of aromatic nitrogens is 2. The Bertz CT molecular complexity index is 893. The molecule has 1 atom stereocenters. The number of phenolic OH excluding ortho intramolecular Hbond substituents is 1. The molecule has 5 nitrogen and oxygen atoms in total. The third kappa shape index (κ3) is 3.92. The van der Waals surface area contributed by atoms with Crippen LogP contribution in [0.3, 0.4) is 0 Å². The monoisotopic (exact) mass is 363 g/mol. The number of rotatable bonds is 5. The number of nitrogens with zero attached hydrogens (tertiary/aromatic N) is 2. The van der Waals surface area contributed by atoms with Gasteiger partial charge >= 0.3 is 0 Å². The van der Waals surface area contributed by atoms with E-state index < -0.39 is 17.5 Å². The minimum absolute atomic E-state index is 0.0569. The van der Waals surface area contributed by atoms with Crippen LogP contribution in [0.1, 0.15) is 17.7 Å². The largest absolute Gasteiger partial charge is 0.772 e. The van der Waals surface area contributed by atoms with E-state index >= 15 is 0 Å². The van der Waals surface area contributed by atoms with E-state index in [4.69, 9.17) is 0 Å². The Morgan fingerprint density at radius 1 is 1.12 bits per heavy atom. The highest BCUT2D eigenvalue weighted by Crippen LogP contribution is 2.29. The molecule has 8 heteroatoms. The van der Waals surface area contributed by atoms with Crippen LogP contribution in [0.15, 0.2) is 54.6 Å². The highest BCUT2D eigenvalue weighted by atomic mass is 32.2. The van der Waals surface area contributed by atoms with Crippen LogP contribution in [0.5, 0.6) is 5.75 Å². The molecule has 0 radical (unpaired) electrons. The molecule has 1 heterocycles. The van der Waals surface area contributed by atoms with E-state index in [2.05, 4.69) is 5.10 Å². The van der Waals surface area contributed by atoms with E-state index in [1.54, 1.807) is 36.4 Å². The summed E-state index contributed by atoms with van der Waals surface area (Å²) in [7, 11) is 0. The summed E-state index contributed by atoms with van der Waals surface area (Å²) in [5.41, 5.74) is 1.81. The highest BCUT2D eigenvalue weighted by molar-refractivity contribution is 7.78. The summed E-state index contributed by atoms with van der Waals surface area (Å²) in [5.74, 6) is -0.0544. The van der Waals surface area contributed by atoms with Crippen LogP contribution in [0.4, 0.5) is 8.78 Å². The summed E-state index contributed by atoms with van der Waals surface area (Å²) >= 11 is -2.20. The fraction of sp³-hybridized carbons (Fsp3) is 0.118. The fourth-order valence-electron chi connectivity index (χ4n) is 2.41. The van der Waals surface area contributed by atoms with Crippen molar-refractivity contribution in [3.05, 3.63) is 65.9 Å². The zero-order chi connectivity index (χ0) is 18.0. The predicted octanol–water partition coefficient (Wildman–Crippen LogP) is 3.56. The molecule has 0 amide bonds. The second kappa shape index (κ2) is 7.12. The van der Waals surface area contributed by atoms with Crippen molar-refractivity contribution in [1.82, 2.24) is 9.78 Å². The number of phenols is 1. The van der Waals surface area contributed by atoms with Crippen molar-refractivity contribution in [2.75, 3.05) is 0 Å². The summed E-state index contributed by atoms with van der Waals surface area (Å²) in [6.07, 6.45) is -2.72. The van der Waals surface area contributed by atoms with Crippen molar-refractivity contribution in [1.29, 1.82) is 0 Å². The highest BCUT2D eigenvalue weighted by Gasteiger charge is 2.17. The molecule has 1 N–H and O–H groups in total. The number of hydrogen-bond donors (Lipinski definition) is 1. The molecule has 0 fully saturated rings. The lowest BCUT2D eigenvalue weighted by molar-refractivity contribution is 0.145. The molecule has 0 aliphatic rings. The van der Waals surface area contributed by atoms with Crippen molar-refractivity contribution in [2.45, 2.75) is 12.2 Å². The molecule has 0 spiro atoms. The normalized spacial score (nSPS) is 12.5. The van der Waals surface area contributed by atoms with E-state index in [0.29, 0.717) is 22.5 Å². The Morgan fingerprint density at radius 2 is 1.76 bits per heavy atom. The molecule has 1 unspecified atom stereocenters. The van der Waals surface area contributed by atoms with Crippen LogP contribution in [-0.2, 0) is 16.8 Å². The first kappa shape index (κ1) is 17.2. The summed E-state index contributed by atoms with van der Waals surface area (Å²) in [6, 6.07) is 13.9. The average Bonchev–Trinajstić information content (AvgIpc) is 3.01. The second-order valence-corrected chi connectivity index (χ2v) is 6.22. The molecule has 0 saturated heterocycles. The first-order valence-corrected chi connectivity index (χ1v) is 8.51.